The number of aliphatic imine (C=N–C) groups is 1. The molecule has 3 nitrogen and oxygen atoms in total. The second-order valence-corrected chi connectivity index (χ2v) is 7.88. The number of aromatic hydroxyl groups is 1. The fourth-order valence-electron chi connectivity index (χ4n) is 2.65. The third kappa shape index (κ3) is 2.93. The van der Waals surface area contributed by atoms with Gasteiger partial charge in [0.05, 0.1) is 21.3 Å². The van der Waals surface area contributed by atoms with Crippen LogP contribution in [0.2, 0.25) is 10.0 Å². The molecule has 2 aromatic carbocycles. The van der Waals surface area contributed by atoms with Gasteiger partial charge in [-0.2, -0.15) is 0 Å². The van der Waals surface area contributed by atoms with Gasteiger partial charge in [0.15, 0.2) is 3.95 Å². The van der Waals surface area contributed by atoms with Crippen molar-refractivity contribution >= 4 is 70.3 Å². The number of nitrogens with zero attached hydrogens (tertiary/aromatic N) is 2. The molecule has 25 heavy (non-hydrogen) atoms. The SMILES string of the molecule is Oc1c(/C=C2\C=Nc3ccccc32)sc(=S)n1-c1ccc(Cl)cc1Cl. The highest BCUT2D eigenvalue weighted by Gasteiger charge is 2.17. The Morgan fingerprint density at radius 1 is 1.16 bits per heavy atom. The van der Waals surface area contributed by atoms with E-state index in [1.807, 2.05) is 30.3 Å². The molecule has 0 aliphatic carbocycles. The van der Waals surface area contributed by atoms with Crippen molar-refractivity contribution in [3.05, 3.63) is 66.9 Å². The van der Waals surface area contributed by atoms with Crippen molar-refractivity contribution in [3.63, 3.8) is 0 Å². The normalized spacial score (nSPS) is 14.2. The molecule has 3 aromatic rings. The van der Waals surface area contributed by atoms with Crippen molar-refractivity contribution in [3.8, 4) is 11.6 Å². The van der Waals surface area contributed by atoms with E-state index < -0.39 is 0 Å². The first kappa shape index (κ1) is 16.5. The maximum absolute atomic E-state index is 10.7. The molecule has 0 amide bonds. The van der Waals surface area contributed by atoms with Crippen molar-refractivity contribution in [2.75, 3.05) is 0 Å². The molecule has 0 saturated carbocycles. The Bertz CT molecular complexity index is 1110. The van der Waals surface area contributed by atoms with E-state index in [9.17, 15) is 5.11 Å². The molecule has 124 valence electrons. The first-order chi connectivity index (χ1) is 12.0. The van der Waals surface area contributed by atoms with Gasteiger partial charge in [0.2, 0.25) is 5.88 Å². The molecule has 4 rings (SSSR count). The zero-order valence-electron chi connectivity index (χ0n) is 12.6. The minimum absolute atomic E-state index is 0.0458. The molecule has 1 N–H and O–H groups in total. The van der Waals surface area contributed by atoms with Crippen LogP contribution >= 0.6 is 46.8 Å². The summed E-state index contributed by atoms with van der Waals surface area (Å²) in [5.41, 5.74) is 3.46. The van der Waals surface area contributed by atoms with Gasteiger partial charge in [-0.3, -0.25) is 9.56 Å². The zero-order valence-corrected chi connectivity index (χ0v) is 15.8. The number of hydrogen-bond donors (Lipinski definition) is 1. The topological polar surface area (TPSA) is 37.5 Å². The molecule has 0 fully saturated rings. The molecule has 0 spiro atoms. The van der Waals surface area contributed by atoms with E-state index in [0.29, 0.717) is 24.6 Å². The van der Waals surface area contributed by atoms with Crippen molar-refractivity contribution < 1.29 is 5.11 Å². The lowest BCUT2D eigenvalue weighted by molar-refractivity contribution is 0.441. The van der Waals surface area contributed by atoms with Gasteiger partial charge in [0, 0.05) is 22.4 Å². The Labute approximate surface area is 163 Å². The lowest BCUT2D eigenvalue weighted by Crippen LogP contribution is -1.94. The van der Waals surface area contributed by atoms with Crippen molar-refractivity contribution in [1.82, 2.24) is 4.57 Å². The van der Waals surface area contributed by atoms with Crippen LogP contribution in [-0.4, -0.2) is 15.9 Å². The Kier molecular flexibility index (Phi) is 4.25. The van der Waals surface area contributed by atoms with E-state index >= 15 is 0 Å². The predicted molar refractivity (Wildman–Crippen MR) is 109 cm³/mol. The summed E-state index contributed by atoms with van der Waals surface area (Å²) in [5, 5.41) is 11.6. The van der Waals surface area contributed by atoms with Crippen LogP contribution in [0.5, 0.6) is 5.88 Å². The molecule has 1 aliphatic heterocycles. The first-order valence-corrected chi connectivity index (χ1v) is 9.28. The van der Waals surface area contributed by atoms with Crippen LogP contribution in [0.4, 0.5) is 5.69 Å². The van der Waals surface area contributed by atoms with Crippen LogP contribution in [0.15, 0.2) is 47.5 Å². The summed E-state index contributed by atoms with van der Waals surface area (Å²) < 4.78 is 2.04. The average Bonchev–Trinajstić information content (AvgIpc) is 3.11. The highest BCUT2D eigenvalue weighted by molar-refractivity contribution is 7.73. The number of rotatable bonds is 2. The Morgan fingerprint density at radius 3 is 2.76 bits per heavy atom. The minimum Gasteiger partial charge on any atom is -0.493 e. The third-order valence-corrected chi connectivity index (χ3v) is 5.65. The van der Waals surface area contributed by atoms with E-state index in [4.69, 9.17) is 35.4 Å². The number of hydrogen-bond acceptors (Lipinski definition) is 4. The summed E-state index contributed by atoms with van der Waals surface area (Å²) in [7, 11) is 0. The van der Waals surface area contributed by atoms with Crippen LogP contribution in [0.3, 0.4) is 0 Å². The predicted octanol–water partition coefficient (Wildman–Crippen LogP) is 6.54. The van der Waals surface area contributed by atoms with Crippen LogP contribution in [0.1, 0.15) is 10.4 Å². The minimum atomic E-state index is 0.0458. The molecular formula is C18H10Cl2N2OS2. The molecular weight excluding hydrogens is 395 g/mol. The monoisotopic (exact) mass is 404 g/mol. The lowest BCUT2D eigenvalue weighted by atomic mass is 10.1. The number of allylic oxidation sites excluding steroid dienone is 1. The molecule has 0 saturated heterocycles. The van der Waals surface area contributed by atoms with Crippen LogP contribution in [0, 0.1) is 3.95 Å². The van der Waals surface area contributed by atoms with Gasteiger partial charge >= 0.3 is 0 Å². The standard InChI is InChI=1S/C18H10Cl2N2OS2/c19-11-5-6-15(13(20)8-11)22-17(23)16(25-18(22)24)7-10-9-21-14-4-2-1-3-12(10)14/h1-9,23H/b10-7+. The Morgan fingerprint density at radius 2 is 1.96 bits per heavy atom. The van der Waals surface area contributed by atoms with Gasteiger partial charge in [0.1, 0.15) is 0 Å². The number of para-hydroxylation sites is 1. The van der Waals surface area contributed by atoms with Crippen molar-refractivity contribution in [2.24, 2.45) is 4.99 Å². The first-order valence-electron chi connectivity index (χ1n) is 7.30. The largest absolute Gasteiger partial charge is 0.493 e. The maximum atomic E-state index is 10.7. The molecule has 2 heterocycles. The molecule has 1 aliphatic rings. The fraction of sp³-hybridized carbons (Fsp3) is 0. The number of halogens is 2. The Hall–Kier alpha value is -1.92. The van der Waals surface area contributed by atoms with E-state index in [1.165, 1.54) is 11.3 Å². The van der Waals surface area contributed by atoms with Crippen LogP contribution < -0.4 is 0 Å². The summed E-state index contributed by atoms with van der Waals surface area (Å²) in [5.74, 6) is 0.0458. The number of fused-ring (bicyclic) bond motifs is 1. The summed E-state index contributed by atoms with van der Waals surface area (Å²) in [6.45, 7) is 0. The smallest absolute Gasteiger partial charge is 0.215 e. The second kappa shape index (κ2) is 6.42. The molecule has 7 heteroatoms. The maximum Gasteiger partial charge on any atom is 0.215 e. The molecule has 0 atom stereocenters. The van der Waals surface area contributed by atoms with Gasteiger partial charge in [-0.1, -0.05) is 41.4 Å². The van der Waals surface area contributed by atoms with Gasteiger partial charge in [-0.05, 0) is 42.6 Å². The number of aromatic nitrogens is 1. The van der Waals surface area contributed by atoms with E-state index in [0.717, 1.165) is 16.8 Å². The van der Waals surface area contributed by atoms with Crippen molar-refractivity contribution in [1.29, 1.82) is 0 Å². The van der Waals surface area contributed by atoms with E-state index in [-0.39, 0.29) is 5.88 Å². The highest BCUT2D eigenvalue weighted by atomic mass is 35.5. The fourth-order valence-corrected chi connectivity index (χ4v) is 4.43. The van der Waals surface area contributed by atoms with Gasteiger partial charge in [-0.25, -0.2) is 0 Å². The van der Waals surface area contributed by atoms with E-state index in [1.54, 1.807) is 29.0 Å². The lowest BCUT2D eigenvalue weighted by Gasteiger charge is -2.07. The quantitative estimate of drug-likeness (QED) is 0.492. The molecule has 1 aromatic heterocycles. The van der Waals surface area contributed by atoms with Crippen LogP contribution in [-0.2, 0) is 0 Å². The molecule has 0 radical (unpaired) electrons. The Balaban J connectivity index is 1.83. The summed E-state index contributed by atoms with van der Waals surface area (Å²) in [6, 6.07) is 12.9. The average molecular weight is 405 g/mol. The highest BCUT2D eigenvalue weighted by Crippen LogP contribution is 2.38. The van der Waals surface area contributed by atoms with Crippen LogP contribution in [0.25, 0.3) is 17.3 Å². The summed E-state index contributed by atoms with van der Waals surface area (Å²) in [4.78, 5) is 5.03. The van der Waals surface area contributed by atoms with Gasteiger partial charge < -0.3 is 5.11 Å². The molecule has 0 bridgehead atoms. The van der Waals surface area contributed by atoms with Crippen molar-refractivity contribution in [2.45, 2.75) is 0 Å². The summed E-state index contributed by atoms with van der Waals surface area (Å²) in [6.07, 6.45) is 3.66. The van der Waals surface area contributed by atoms with Gasteiger partial charge in [0.25, 0.3) is 0 Å². The summed E-state index contributed by atoms with van der Waals surface area (Å²) >= 11 is 18.9. The van der Waals surface area contributed by atoms with E-state index in [2.05, 4.69) is 4.99 Å². The number of benzene rings is 2. The number of thiazole rings is 1. The second-order valence-electron chi connectivity index (χ2n) is 5.36. The zero-order chi connectivity index (χ0) is 17.6. The molecule has 0 unspecified atom stereocenters. The third-order valence-electron chi connectivity index (χ3n) is 3.81. The van der Waals surface area contributed by atoms with Gasteiger partial charge in [-0.15, -0.1) is 11.3 Å².